The minimum atomic E-state index is -1.32. The van der Waals surface area contributed by atoms with Gasteiger partial charge in [0.25, 0.3) is 5.91 Å². The first-order valence-corrected chi connectivity index (χ1v) is 12.9. The molecule has 1 amide bonds. The topological polar surface area (TPSA) is 125 Å². The SMILES string of the molecule is Cc1cccc(O)c1.O.O=C([O-])CNC(=O)C[n+]1c(-c2ccccc2)cc(-c2ccccc2)cc1-c1ccccc1. The highest BCUT2D eigenvalue weighted by Gasteiger charge is 2.24. The molecule has 0 saturated heterocycles. The van der Waals surface area contributed by atoms with Crippen molar-refractivity contribution in [2.75, 3.05) is 6.54 Å². The number of phenols is 1. The zero-order valence-electron chi connectivity index (χ0n) is 22.7. The Bertz CT molecular complexity index is 1500. The lowest BCUT2D eigenvalue weighted by Crippen LogP contribution is -2.48. The molecular formula is C34H32N2O5. The van der Waals surface area contributed by atoms with Gasteiger partial charge in [-0.1, -0.05) is 78.9 Å². The van der Waals surface area contributed by atoms with Crippen LogP contribution < -0.4 is 15.0 Å². The number of carboxylic acid groups (broad SMARTS) is 1. The van der Waals surface area contributed by atoms with Gasteiger partial charge in [-0.05, 0) is 60.0 Å². The number of phenolic OH excluding ortho intramolecular Hbond substituents is 1. The number of aliphatic carboxylic acids is 1. The predicted molar refractivity (Wildman–Crippen MR) is 157 cm³/mol. The lowest BCUT2D eigenvalue weighted by molar-refractivity contribution is -0.662. The van der Waals surface area contributed by atoms with E-state index in [4.69, 9.17) is 5.11 Å². The third-order valence-electron chi connectivity index (χ3n) is 6.15. The number of hydrogen-bond donors (Lipinski definition) is 2. The highest BCUT2D eigenvalue weighted by Crippen LogP contribution is 2.29. The van der Waals surface area contributed by atoms with Crippen LogP contribution in [-0.4, -0.2) is 29.0 Å². The molecule has 5 rings (SSSR count). The van der Waals surface area contributed by atoms with Gasteiger partial charge in [0.1, 0.15) is 5.75 Å². The molecule has 4 aromatic carbocycles. The molecule has 7 nitrogen and oxygen atoms in total. The number of aromatic hydroxyl groups is 1. The minimum absolute atomic E-state index is 0. The summed E-state index contributed by atoms with van der Waals surface area (Å²) in [6, 6.07) is 41.0. The summed E-state index contributed by atoms with van der Waals surface area (Å²) < 4.78 is 1.92. The Morgan fingerprint density at radius 1 is 0.683 bits per heavy atom. The number of rotatable bonds is 7. The molecule has 0 radical (unpaired) electrons. The van der Waals surface area contributed by atoms with E-state index in [9.17, 15) is 14.7 Å². The van der Waals surface area contributed by atoms with Gasteiger partial charge < -0.3 is 25.8 Å². The fraction of sp³-hybridized carbons (Fsp3) is 0.0882. The monoisotopic (exact) mass is 548 g/mol. The molecule has 0 aliphatic rings. The van der Waals surface area contributed by atoms with Crippen molar-refractivity contribution in [2.45, 2.75) is 13.5 Å². The van der Waals surface area contributed by atoms with E-state index in [2.05, 4.69) is 29.6 Å². The van der Waals surface area contributed by atoms with E-state index in [1.54, 1.807) is 12.1 Å². The normalized spacial score (nSPS) is 9.98. The maximum atomic E-state index is 12.6. The lowest BCUT2D eigenvalue weighted by atomic mass is 9.99. The van der Waals surface area contributed by atoms with Crippen LogP contribution in [0.2, 0.25) is 0 Å². The molecule has 0 unspecified atom stereocenters. The minimum Gasteiger partial charge on any atom is -0.548 e. The van der Waals surface area contributed by atoms with Crippen LogP contribution in [0.1, 0.15) is 5.56 Å². The Kier molecular flexibility index (Phi) is 10.9. The first-order chi connectivity index (χ1) is 19.4. The Morgan fingerprint density at radius 2 is 1.17 bits per heavy atom. The average molecular weight is 549 g/mol. The van der Waals surface area contributed by atoms with Crippen LogP contribution in [0, 0.1) is 6.92 Å². The van der Waals surface area contributed by atoms with Gasteiger partial charge in [-0.3, -0.25) is 4.79 Å². The van der Waals surface area contributed by atoms with Crippen LogP contribution in [0.4, 0.5) is 0 Å². The van der Waals surface area contributed by atoms with Crippen molar-refractivity contribution in [3.05, 3.63) is 133 Å². The number of carbonyl (C=O) groups is 2. The molecule has 0 atom stereocenters. The second kappa shape index (κ2) is 14.8. The molecule has 0 aliphatic carbocycles. The Morgan fingerprint density at radius 3 is 1.59 bits per heavy atom. The van der Waals surface area contributed by atoms with Crippen molar-refractivity contribution in [3.8, 4) is 39.4 Å². The Hall–Kier alpha value is -5.27. The number of aryl methyl sites for hydroxylation is 1. The highest BCUT2D eigenvalue weighted by molar-refractivity contribution is 5.80. The molecule has 1 heterocycles. The number of pyridine rings is 1. The van der Waals surface area contributed by atoms with Crippen LogP contribution in [0.15, 0.2) is 127 Å². The number of hydrogen-bond acceptors (Lipinski definition) is 4. The van der Waals surface area contributed by atoms with Crippen LogP contribution in [0.5, 0.6) is 5.75 Å². The third-order valence-corrected chi connectivity index (χ3v) is 6.15. The number of aromatic nitrogens is 1. The van der Waals surface area contributed by atoms with Crippen molar-refractivity contribution in [1.29, 1.82) is 0 Å². The maximum absolute atomic E-state index is 12.6. The van der Waals surface area contributed by atoms with Crippen molar-refractivity contribution >= 4 is 11.9 Å². The molecule has 0 saturated carbocycles. The molecule has 0 spiro atoms. The number of carbonyl (C=O) groups excluding carboxylic acids is 2. The van der Waals surface area contributed by atoms with Crippen LogP contribution >= 0.6 is 0 Å². The Balaban J connectivity index is 0.000000444. The number of nitrogens with one attached hydrogen (secondary N) is 1. The predicted octanol–water partition coefficient (Wildman–Crippen LogP) is 3.72. The number of benzene rings is 4. The van der Waals surface area contributed by atoms with E-state index in [-0.39, 0.29) is 12.0 Å². The van der Waals surface area contributed by atoms with E-state index in [1.165, 1.54) is 0 Å². The molecule has 0 aliphatic heterocycles. The summed E-state index contributed by atoms with van der Waals surface area (Å²) in [7, 11) is 0. The van der Waals surface area contributed by atoms with Gasteiger partial charge in [0, 0.05) is 23.3 Å². The molecular weight excluding hydrogens is 516 g/mol. The summed E-state index contributed by atoms with van der Waals surface area (Å²) in [4.78, 5) is 23.4. The maximum Gasteiger partial charge on any atom is 0.286 e. The van der Waals surface area contributed by atoms with Crippen LogP contribution in [0.3, 0.4) is 0 Å². The zero-order chi connectivity index (χ0) is 28.3. The number of carboxylic acids is 1. The van der Waals surface area contributed by atoms with Crippen molar-refractivity contribution in [3.63, 3.8) is 0 Å². The van der Waals surface area contributed by atoms with Gasteiger partial charge in [-0.25, -0.2) is 0 Å². The molecule has 1 aromatic heterocycles. The van der Waals surface area contributed by atoms with Crippen molar-refractivity contribution in [2.24, 2.45) is 0 Å². The third kappa shape index (κ3) is 8.61. The quantitative estimate of drug-likeness (QED) is 0.301. The fourth-order valence-electron chi connectivity index (χ4n) is 4.28. The summed E-state index contributed by atoms with van der Waals surface area (Å²) in [5.41, 5.74) is 6.80. The van der Waals surface area contributed by atoms with Gasteiger partial charge >= 0.3 is 0 Å². The van der Waals surface area contributed by atoms with Crippen LogP contribution in [0.25, 0.3) is 33.6 Å². The standard InChI is InChI=1S/C27H22N2O3.C7H8O.H2O/c30-26(28-18-27(31)32)19-29-24(21-12-6-2-7-13-21)16-23(20-10-4-1-5-11-20)17-25(29)22-14-8-3-9-15-22;1-6-3-2-4-7(8)5-6;/h1-17H,18-19H2,(H-,28,30,31,32);2-5,8H,1H3;1H2. The molecule has 208 valence electrons. The van der Waals surface area contributed by atoms with Gasteiger partial charge in [0.05, 0.1) is 12.5 Å². The molecule has 7 heteroatoms. The molecule has 41 heavy (non-hydrogen) atoms. The van der Waals surface area contributed by atoms with Gasteiger partial charge in [0.2, 0.25) is 17.9 Å². The summed E-state index contributed by atoms with van der Waals surface area (Å²) >= 11 is 0. The smallest absolute Gasteiger partial charge is 0.286 e. The molecule has 0 fully saturated rings. The first-order valence-electron chi connectivity index (χ1n) is 12.9. The van der Waals surface area contributed by atoms with Gasteiger partial charge in [-0.2, -0.15) is 4.57 Å². The van der Waals surface area contributed by atoms with Gasteiger partial charge in [-0.15, -0.1) is 0 Å². The number of amides is 1. The van der Waals surface area contributed by atoms with Crippen molar-refractivity contribution < 1.29 is 29.8 Å². The lowest BCUT2D eigenvalue weighted by Gasteiger charge is -2.13. The second-order valence-corrected chi connectivity index (χ2v) is 9.19. The zero-order valence-corrected chi connectivity index (χ0v) is 22.7. The summed E-state index contributed by atoms with van der Waals surface area (Å²) in [5.74, 6) is -1.39. The molecule has 0 bridgehead atoms. The van der Waals surface area contributed by atoms with E-state index in [1.807, 2.05) is 102 Å². The van der Waals surface area contributed by atoms with E-state index in [0.717, 1.165) is 39.2 Å². The van der Waals surface area contributed by atoms with E-state index >= 15 is 0 Å². The van der Waals surface area contributed by atoms with E-state index < -0.39 is 18.4 Å². The number of nitrogens with zero attached hydrogens (tertiary/aromatic N) is 1. The van der Waals surface area contributed by atoms with E-state index in [0.29, 0.717) is 5.75 Å². The summed E-state index contributed by atoms with van der Waals surface area (Å²) in [5, 5.41) is 22.0. The highest BCUT2D eigenvalue weighted by atomic mass is 16.4. The largest absolute Gasteiger partial charge is 0.548 e. The first kappa shape index (κ1) is 30.3. The summed E-state index contributed by atoms with van der Waals surface area (Å²) in [6.07, 6.45) is 0. The summed E-state index contributed by atoms with van der Waals surface area (Å²) in [6.45, 7) is 1.39. The van der Waals surface area contributed by atoms with Crippen molar-refractivity contribution in [1.82, 2.24) is 5.32 Å². The Labute approximate surface area is 239 Å². The molecule has 5 aromatic rings. The average Bonchev–Trinajstić information content (AvgIpc) is 2.98. The van der Waals surface area contributed by atoms with Crippen LogP contribution in [-0.2, 0) is 16.1 Å². The second-order valence-electron chi connectivity index (χ2n) is 9.19. The fourth-order valence-corrected chi connectivity index (χ4v) is 4.28. The van der Waals surface area contributed by atoms with Gasteiger partial charge in [0.15, 0.2) is 0 Å². The molecule has 4 N–H and O–H groups in total.